The number of aromatic hydroxyl groups is 1. The zero-order valence-corrected chi connectivity index (χ0v) is 31.0. The molecular formula is C33H53N11O11. The van der Waals surface area contributed by atoms with E-state index in [2.05, 4.69) is 36.9 Å². The van der Waals surface area contributed by atoms with Gasteiger partial charge in [0.05, 0.1) is 13.0 Å². The molecule has 0 saturated carbocycles. The van der Waals surface area contributed by atoms with Crippen LogP contribution in [-0.2, 0) is 44.8 Å². The fourth-order valence-electron chi connectivity index (χ4n) is 4.74. The zero-order valence-electron chi connectivity index (χ0n) is 31.0. The molecule has 0 fully saturated rings. The summed E-state index contributed by atoms with van der Waals surface area (Å²) in [6, 6.07) is -3.94. The summed E-state index contributed by atoms with van der Waals surface area (Å²) in [4.78, 5) is 106. The Kier molecular flexibility index (Phi) is 19.6. The summed E-state index contributed by atoms with van der Waals surface area (Å²) in [7, 11) is 0. The molecule has 0 saturated heterocycles. The number of carbonyl (C=O) groups excluding carboxylic acids is 7. The minimum absolute atomic E-state index is 0.0618. The highest BCUT2D eigenvalue weighted by atomic mass is 16.4. The second-order valence-electron chi connectivity index (χ2n) is 13.0. The second kappa shape index (κ2) is 22.9. The molecule has 1 aromatic carbocycles. The van der Waals surface area contributed by atoms with Gasteiger partial charge in [-0.15, -0.1) is 0 Å². The third-order valence-corrected chi connectivity index (χ3v) is 7.89. The first-order valence-electron chi connectivity index (χ1n) is 17.2. The third kappa shape index (κ3) is 17.1. The van der Waals surface area contributed by atoms with Crippen molar-refractivity contribution < 1.29 is 53.7 Å². The summed E-state index contributed by atoms with van der Waals surface area (Å²) in [6.07, 6.45) is -0.757. The van der Waals surface area contributed by atoms with Crippen molar-refractivity contribution in [1.29, 1.82) is 0 Å². The van der Waals surface area contributed by atoms with Gasteiger partial charge in [0.1, 0.15) is 48.0 Å². The number of aliphatic imine (C=N–C) groups is 1. The maximum Gasteiger partial charge on any atom is 0.326 e. The number of aliphatic hydroxyl groups excluding tert-OH is 1. The number of aliphatic hydroxyl groups is 1. The molecule has 7 atom stereocenters. The molecule has 0 heterocycles. The number of phenolic OH excluding ortho intramolecular Hbond substituents is 1. The van der Waals surface area contributed by atoms with Crippen molar-refractivity contribution in [3.05, 3.63) is 29.8 Å². The number of rotatable bonds is 23. The molecule has 1 aromatic rings. The van der Waals surface area contributed by atoms with E-state index in [-0.39, 0.29) is 37.5 Å². The Morgan fingerprint density at radius 1 is 0.691 bits per heavy atom. The van der Waals surface area contributed by atoms with Crippen molar-refractivity contribution in [2.45, 2.75) is 95.7 Å². The number of carboxylic acid groups (broad SMARTS) is 1. The summed E-state index contributed by atoms with van der Waals surface area (Å²) < 4.78 is 0. The number of guanidine groups is 1. The van der Waals surface area contributed by atoms with Gasteiger partial charge in [-0.25, -0.2) is 4.79 Å². The highest BCUT2D eigenvalue weighted by molar-refractivity contribution is 5.98. The van der Waals surface area contributed by atoms with E-state index in [4.69, 9.17) is 28.0 Å². The third-order valence-electron chi connectivity index (χ3n) is 7.89. The van der Waals surface area contributed by atoms with Crippen molar-refractivity contribution in [2.75, 3.05) is 13.2 Å². The van der Waals surface area contributed by atoms with E-state index in [0.29, 0.717) is 5.56 Å². The number of hydrogen-bond acceptors (Lipinski definition) is 12. The smallest absolute Gasteiger partial charge is 0.326 e. The first kappa shape index (κ1) is 47.0. The Balaban J connectivity index is 3.10. The number of phenols is 1. The lowest BCUT2D eigenvalue weighted by Crippen LogP contribution is -2.60. The van der Waals surface area contributed by atoms with Crippen molar-refractivity contribution in [2.24, 2.45) is 33.8 Å². The molecule has 17 N–H and O–H groups in total. The maximum atomic E-state index is 13.4. The normalized spacial score (nSPS) is 14.7. The van der Waals surface area contributed by atoms with Crippen LogP contribution >= 0.6 is 0 Å². The fourth-order valence-corrected chi connectivity index (χ4v) is 4.74. The highest BCUT2D eigenvalue weighted by Crippen LogP contribution is 2.12. The molecule has 7 amide bonds. The van der Waals surface area contributed by atoms with Gasteiger partial charge < -0.3 is 70.2 Å². The summed E-state index contributed by atoms with van der Waals surface area (Å²) in [5.41, 5.74) is 21.8. The lowest BCUT2D eigenvalue weighted by Gasteiger charge is -2.26. The molecule has 0 aliphatic rings. The number of nitrogens with zero attached hydrogens (tertiary/aromatic N) is 1. The summed E-state index contributed by atoms with van der Waals surface area (Å²) >= 11 is 0. The van der Waals surface area contributed by atoms with Gasteiger partial charge >= 0.3 is 5.97 Å². The van der Waals surface area contributed by atoms with Crippen LogP contribution in [0, 0.1) is 5.92 Å². The molecule has 0 aliphatic carbocycles. The number of carboxylic acids is 1. The quantitative estimate of drug-likeness (QED) is 0.0281. The molecule has 0 aromatic heterocycles. The molecule has 0 aliphatic heterocycles. The van der Waals surface area contributed by atoms with Gasteiger partial charge in [-0.05, 0) is 50.3 Å². The largest absolute Gasteiger partial charge is 0.508 e. The van der Waals surface area contributed by atoms with E-state index >= 15 is 0 Å². The SMILES string of the molecule is CC(C)[C@H](NC(=O)[C@@H](N)CO)C(=O)N[C@@H](C)C(=O)N[C@@H](CC(N)=O)C(=O)N[C@@H](C)C(=O)N[C@@H](Cc1ccc(O)cc1)C(=O)N[C@@H](CCCN=C(N)N)C(=O)O. The van der Waals surface area contributed by atoms with Crippen LogP contribution in [0.3, 0.4) is 0 Å². The molecule has 0 unspecified atom stereocenters. The predicted octanol–water partition coefficient (Wildman–Crippen LogP) is -5.13. The van der Waals surface area contributed by atoms with Crippen LogP contribution in [0.4, 0.5) is 0 Å². The Hall–Kier alpha value is -6.03. The van der Waals surface area contributed by atoms with Crippen LogP contribution in [0.2, 0.25) is 0 Å². The summed E-state index contributed by atoms with van der Waals surface area (Å²) in [5.74, 6) is -8.49. The van der Waals surface area contributed by atoms with Crippen LogP contribution in [0.25, 0.3) is 0 Å². The maximum absolute atomic E-state index is 13.4. The van der Waals surface area contributed by atoms with Gasteiger partial charge in [-0.2, -0.15) is 0 Å². The lowest BCUT2D eigenvalue weighted by molar-refractivity contribution is -0.142. The van der Waals surface area contributed by atoms with E-state index in [1.165, 1.54) is 38.1 Å². The van der Waals surface area contributed by atoms with E-state index in [0.717, 1.165) is 0 Å². The molecule has 22 nitrogen and oxygen atoms in total. The molecule has 0 bridgehead atoms. The molecule has 0 spiro atoms. The van der Waals surface area contributed by atoms with Crippen LogP contribution in [0.15, 0.2) is 29.3 Å². The van der Waals surface area contributed by atoms with Gasteiger partial charge in [-0.3, -0.25) is 38.6 Å². The predicted molar refractivity (Wildman–Crippen MR) is 196 cm³/mol. The number of benzene rings is 1. The minimum Gasteiger partial charge on any atom is -0.508 e. The molecule has 0 radical (unpaired) electrons. The highest BCUT2D eigenvalue weighted by Gasteiger charge is 2.33. The van der Waals surface area contributed by atoms with E-state index < -0.39 is 109 Å². The molecular weight excluding hydrogens is 726 g/mol. The van der Waals surface area contributed by atoms with Crippen LogP contribution < -0.4 is 54.8 Å². The van der Waals surface area contributed by atoms with Crippen molar-refractivity contribution >= 4 is 53.3 Å². The first-order chi connectivity index (χ1) is 25.7. The minimum atomic E-state index is -1.63. The van der Waals surface area contributed by atoms with Crippen LogP contribution in [0.5, 0.6) is 5.75 Å². The topological polar surface area (TPSA) is 386 Å². The Bertz CT molecular complexity index is 1550. The fraction of sp³-hybridized carbons (Fsp3) is 0.545. The number of nitrogens with two attached hydrogens (primary N) is 4. The molecule has 306 valence electrons. The summed E-state index contributed by atoms with van der Waals surface area (Å²) in [6.45, 7) is 5.14. The molecule has 55 heavy (non-hydrogen) atoms. The molecule has 22 heteroatoms. The average molecular weight is 780 g/mol. The van der Waals surface area contributed by atoms with Gasteiger partial charge in [-0.1, -0.05) is 26.0 Å². The van der Waals surface area contributed by atoms with Crippen molar-refractivity contribution in [3.63, 3.8) is 0 Å². The zero-order chi connectivity index (χ0) is 42.0. The van der Waals surface area contributed by atoms with Gasteiger partial charge in [0.15, 0.2) is 5.96 Å². The summed E-state index contributed by atoms with van der Waals surface area (Å²) in [5, 5.41) is 42.7. The van der Waals surface area contributed by atoms with Crippen molar-refractivity contribution in [1.82, 2.24) is 31.9 Å². The lowest BCUT2D eigenvalue weighted by atomic mass is 10.0. The number of amides is 7. The van der Waals surface area contributed by atoms with Gasteiger partial charge in [0.25, 0.3) is 0 Å². The van der Waals surface area contributed by atoms with Gasteiger partial charge in [0, 0.05) is 13.0 Å². The van der Waals surface area contributed by atoms with E-state index in [1.54, 1.807) is 13.8 Å². The Morgan fingerprint density at radius 3 is 1.69 bits per heavy atom. The first-order valence-corrected chi connectivity index (χ1v) is 17.2. The standard InChI is InChI=1S/C33H53N11O11/c1-15(2)25(44-28(50)20(34)14-45)31(53)40-17(4)27(49)43-23(13-24(35)47)29(51)39-16(3)26(48)42-22(12-18-7-9-19(46)10-8-18)30(52)41-21(32(54)55)6-5-11-38-33(36)37/h7-10,15-17,20-23,25,45-46H,5-6,11-14,34H2,1-4H3,(H2,35,47)(H,39,51)(H,40,53)(H,41,52)(H,42,48)(H,43,49)(H,44,50)(H,54,55)(H4,36,37,38)/t16-,17-,20-,21-,22-,23-,25-/m0/s1. The van der Waals surface area contributed by atoms with E-state index in [1.807, 2.05) is 0 Å². The number of nitrogens with one attached hydrogen (secondary N) is 6. The second-order valence-corrected chi connectivity index (χ2v) is 13.0. The van der Waals surface area contributed by atoms with E-state index in [9.17, 15) is 48.6 Å². The number of carbonyl (C=O) groups is 8. The monoisotopic (exact) mass is 779 g/mol. The molecule has 1 rings (SSSR count). The van der Waals surface area contributed by atoms with Crippen LogP contribution in [0.1, 0.15) is 52.5 Å². The van der Waals surface area contributed by atoms with Crippen LogP contribution in [-0.4, -0.2) is 124 Å². The number of primary amides is 1. The van der Waals surface area contributed by atoms with Crippen molar-refractivity contribution in [3.8, 4) is 5.75 Å². The van der Waals surface area contributed by atoms with Gasteiger partial charge in [0.2, 0.25) is 41.4 Å². The Labute approximate surface area is 317 Å². The Morgan fingerprint density at radius 2 is 1.20 bits per heavy atom. The number of hydrogen-bond donors (Lipinski definition) is 13. The number of aliphatic carboxylic acids is 1. The average Bonchev–Trinajstić information content (AvgIpc) is 3.10.